The number of nitrogens with one attached hydrogen (secondary N) is 1. The lowest BCUT2D eigenvalue weighted by atomic mass is 10.1. The van der Waals surface area contributed by atoms with Crippen molar-refractivity contribution in [3.63, 3.8) is 0 Å². The highest BCUT2D eigenvalue weighted by molar-refractivity contribution is 7.17. The van der Waals surface area contributed by atoms with Crippen molar-refractivity contribution in [1.29, 1.82) is 5.26 Å². The van der Waals surface area contributed by atoms with Gasteiger partial charge in [-0.15, -0.1) is 11.3 Å². The molecule has 2 aromatic rings. The fraction of sp³-hybridized carbons (Fsp3) is 0.308. The first-order chi connectivity index (χ1) is 7.88. The zero-order valence-corrected chi connectivity index (χ0v) is 9.63. The lowest BCUT2D eigenvalue weighted by Crippen LogP contribution is -2.21. The minimum Gasteiger partial charge on any atom is -0.295 e. The van der Waals surface area contributed by atoms with Gasteiger partial charge in [-0.25, -0.2) is 0 Å². The van der Waals surface area contributed by atoms with E-state index in [9.17, 15) is 5.26 Å². The third kappa shape index (κ3) is 1.71. The Balaban J connectivity index is 1.99. The quantitative estimate of drug-likeness (QED) is 0.875. The monoisotopic (exact) mass is 228 g/mol. The molecule has 1 fully saturated rings. The van der Waals surface area contributed by atoms with Gasteiger partial charge in [-0.2, -0.15) is 5.26 Å². The van der Waals surface area contributed by atoms with Gasteiger partial charge in [0, 0.05) is 16.3 Å². The van der Waals surface area contributed by atoms with Crippen molar-refractivity contribution in [2.45, 2.75) is 24.9 Å². The third-order valence-electron chi connectivity index (χ3n) is 2.93. The Hall–Kier alpha value is -1.37. The molecule has 0 radical (unpaired) electrons. The van der Waals surface area contributed by atoms with Gasteiger partial charge < -0.3 is 0 Å². The topological polar surface area (TPSA) is 35.8 Å². The number of nitriles is 1. The highest BCUT2D eigenvalue weighted by Gasteiger charge is 2.26. The fourth-order valence-corrected chi connectivity index (χ4v) is 2.89. The highest BCUT2D eigenvalue weighted by Crippen LogP contribution is 2.32. The number of benzene rings is 1. The lowest BCUT2D eigenvalue weighted by molar-refractivity contribution is 0.630. The molecule has 2 nitrogen and oxygen atoms in total. The average Bonchev–Trinajstić information content (AvgIpc) is 3.04. The van der Waals surface area contributed by atoms with Crippen LogP contribution in [0.5, 0.6) is 0 Å². The molecule has 0 amide bonds. The van der Waals surface area contributed by atoms with Crippen molar-refractivity contribution >= 4 is 21.4 Å². The van der Waals surface area contributed by atoms with Gasteiger partial charge in [-0.1, -0.05) is 18.2 Å². The van der Waals surface area contributed by atoms with Crippen LogP contribution in [0.25, 0.3) is 10.1 Å². The summed E-state index contributed by atoms with van der Waals surface area (Å²) in [7, 11) is 0. The van der Waals surface area contributed by atoms with E-state index in [2.05, 4.69) is 28.9 Å². The van der Waals surface area contributed by atoms with Gasteiger partial charge in [-0.05, 0) is 29.7 Å². The average molecular weight is 228 g/mol. The second-order valence-corrected chi connectivity index (χ2v) is 5.10. The maximum atomic E-state index is 9.23. The van der Waals surface area contributed by atoms with Gasteiger partial charge in [0.2, 0.25) is 0 Å². The predicted molar refractivity (Wildman–Crippen MR) is 66.3 cm³/mol. The second kappa shape index (κ2) is 3.89. The van der Waals surface area contributed by atoms with Crippen LogP contribution in [-0.2, 0) is 0 Å². The summed E-state index contributed by atoms with van der Waals surface area (Å²) in [4.78, 5) is 0. The molecule has 1 unspecified atom stereocenters. The van der Waals surface area contributed by atoms with Crippen molar-refractivity contribution in [2.24, 2.45) is 0 Å². The van der Waals surface area contributed by atoms with E-state index in [1.165, 1.54) is 22.9 Å². The molecule has 16 heavy (non-hydrogen) atoms. The largest absolute Gasteiger partial charge is 0.295 e. The molecule has 1 saturated carbocycles. The first-order valence-electron chi connectivity index (χ1n) is 5.50. The van der Waals surface area contributed by atoms with Gasteiger partial charge in [0.25, 0.3) is 0 Å². The molecule has 80 valence electrons. The summed E-state index contributed by atoms with van der Waals surface area (Å²) in [5, 5.41) is 15.9. The molecule has 1 aromatic heterocycles. The molecule has 0 aliphatic heterocycles. The van der Waals surface area contributed by atoms with Crippen LogP contribution in [0.15, 0.2) is 29.6 Å². The van der Waals surface area contributed by atoms with E-state index >= 15 is 0 Å². The van der Waals surface area contributed by atoms with E-state index in [0.29, 0.717) is 6.04 Å². The van der Waals surface area contributed by atoms with Crippen LogP contribution in [0.3, 0.4) is 0 Å². The maximum absolute atomic E-state index is 9.23. The number of thiophene rings is 1. The summed E-state index contributed by atoms with van der Waals surface area (Å²) in [6.07, 6.45) is 2.42. The fourth-order valence-electron chi connectivity index (χ4n) is 1.90. The zero-order chi connectivity index (χ0) is 11.0. The van der Waals surface area contributed by atoms with E-state index in [-0.39, 0.29) is 6.04 Å². The van der Waals surface area contributed by atoms with Gasteiger partial charge in [0.15, 0.2) is 0 Å². The molecular weight excluding hydrogens is 216 g/mol. The van der Waals surface area contributed by atoms with Gasteiger partial charge in [0.1, 0.15) is 6.04 Å². The van der Waals surface area contributed by atoms with Crippen molar-refractivity contribution in [3.05, 3.63) is 35.2 Å². The van der Waals surface area contributed by atoms with Crippen LogP contribution >= 0.6 is 11.3 Å². The second-order valence-electron chi connectivity index (χ2n) is 4.19. The molecule has 0 bridgehead atoms. The maximum Gasteiger partial charge on any atom is 0.122 e. The van der Waals surface area contributed by atoms with Crippen molar-refractivity contribution < 1.29 is 0 Å². The Bertz CT molecular complexity index is 548. The number of hydrogen-bond donors (Lipinski definition) is 1. The minimum absolute atomic E-state index is 0.149. The van der Waals surface area contributed by atoms with E-state index in [1.807, 2.05) is 12.1 Å². The summed E-state index contributed by atoms with van der Waals surface area (Å²) in [5.41, 5.74) is 1.13. The number of hydrogen-bond acceptors (Lipinski definition) is 3. The van der Waals surface area contributed by atoms with Gasteiger partial charge in [0.05, 0.1) is 6.07 Å². The number of fused-ring (bicyclic) bond motifs is 1. The smallest absolute Gasteiger partial charge is 0.122 e. The molecule has 1 atom stereocenters. The van der Waals surface area contributed by atoms with Gasteiger partial charge in [-0.3, -0.25) is 5.32 Å². The summed E-state index contributed by atoms with van der Waals surface area (Å²) in [5.74, 6) is 0. The molecular formula is C13H12N2S. The van der Waals surface area contributed by atoms with E-state index in [0.717, 1.165) is 5.56 Å². The van der Waals surface area contributed by atoms with E-state index in [4.69, 9.17) is 0 Å². The summed E-state index contributed by atoms with van der Waals surface area (Å²) in [6, 6.07) is 11.0. The van der Waals surface area contributed by atoms with Gasteiger partial charge >= 0.3 is 0 Å². The SMILES string of the molecule is N#CC(NC1CC1)c1csc2ccccc12. The highest BCUT2D eigenvalue weighted by atomic mass is 32.1. The molecule has 1 aliphatic rings. The molecule has 1 heterocycles. The van der Waals surface area contributed by atoms with E-state index < -0.39 is 0 Å². The zero-order valence-electron chi connectivity index (χ0n) is 8.81. The van der Waals surface area contributed by atoms with Crippen LogP contribution in [0, 0.1) is 11.3 Å². The summed E-state index contributed by atoms with van der Waals surface area (Å²) >= 11 is 1.71. The first-order valence-corrected chi connectivity index (χ1v) is 6.38. The normalized spacial score (nSPS) is 17.2. The standard InChI is InChI=1S/C13H12N2S/c14-7-12(15-9-5-6-9)11-8-16-13-4-2-1-3-10(11)13/h1-4,8-9,12,15H,5-6H2. The number of nitrogens with zero attached hydrogens (tertiary/aromatic N) is 1. The Morgan fingerprint density at radius 2 is 2.19 bits per heavy atom. The van der Waals surface area contributed by atoms with Crippen LogP contribution in [0.4, 0.5) is 0 Å². The lowest BCUT2D eigenvalue weighted by Gasteiger charge is -2.09. The predicted octanol–water partition coefficient (Wildman–Crippen LogP) is 3.22. The Kier molecular flexibility index (Phi) is 2.39. The van der Waals surface area contributed by atoms with E-state index in [1.54, 1.807) is 11.3 Å². The minimum atomic E-state index is -0.149. The first kappa shape index (κ1) is 9.83. The van der Waals surface area contributed by atoms with Crippen LogP contribution in [0.1, 0.15) is 24.4 Å². The summed E-state index contributed by atoms with van der Waals surface area (Å²) < 4.78 is 1.26. The molecule has 0 saturated heterocycles. The van der Waals surface area contributed by atoms with Crippen LogP contribution < -0.4 is 5.32 Å². The third-order valence-corrected chi connectivity index (χ3v) is 3.91. The van der Waals surface area contributed by atoms with Crippen LogP contribution in [-0.4, -0.2) is 6.04 Å². The molecule has 1 N–H and O–H groups in total. The molecule has 1 aliphatic carbocycles. The number of rotatable bonds is 3. The van der Waals surface area contributed by atoms with Crippen molar-refractivity contribution in [3.8, 4) is 6.07 Å². The molecule has 3 heteroatoms. The van der Waals surface area contributed by atoms with Crippen LogP contribution in [0.2, 0.25) is 0 Å². The Labute approximate surface area is 98.5 Å². The Morgan fingerprint density at radius 1 is 1.38 bits per heavy atom. The molecule has 3 rings (SSSR count). The Morgan fingerprint density at radius 3 is 2.94 bits per heavy atom. The van der Waals surface area contributed by atoms with Crippen molar-refractivity contribution in [1.82, 2.24) is 5.32 Å². The molecule has 1 aromatic carbocycles. The van der Waals surface area contributed by atoms with Crippen molar-refractivity contribution in [2.75, 3.05) is 0 Å². The molecule has 0 spiro atoms. The summed E-state index contributed by atoms with van der Waals surface area (Å²) in [6.45, 7) is 0.